The predicted octanol–water partition coefficient (Wildman–Crippen LogP) is 7.09. The van der Waals surface area contributed by atoms with Gasteiger partial charge in [0, 0.05) is 11.0 Å². The van der Waals surface area contributed by atoms with E-state index < -0.39 is 11.9 Å². The molecule has 1 fully saturated rings. The van der Waals surface area contributed by atoms with E-state index in [1.165, 1.54) is 30.6 Å². The summed E-state index contributed by atoms with van der Waals surface area (Å²) in [5.41, 5.74) is 0.847. The average molecular weight is 680 g/mol. The van der Waals surface area contributed by atoms with Crippen molar-refractivity contribution in [2.24, 2.45) is 11.8 Å². The van der Waals surface area contributed by atoms with Gasteiger partial charge in [0.1, 0.15) is 23.3 Å². The molecule has 248 valence electrons. The van der Waals surface area contributed by atoms with E-state index in [1.54, 1.807) is 30.3 Å². The van der Waals surface area contributed by atoms with Gasteiger partial charge in [-0.2, -0.15) is 5.26 Å². The normalized spacial score (nSPS) is 17.8. The molecule has 0 atom stereocenters. The van der Waals surface area contributed by atoms with E-state index in [2.05, 4.69) is 6.58 Å². The van der Waals surface area contributed by atoms with Crippen molar-refractivity contribution < 1.29 is 42.9 Å². The molecule has 1 saturated carbocycles. The van der Waals surface area contributed by atoms with Crippen molar-refractivity contribution in [1.29, 1.82) is 5.26 Å². The summed E-state index contributed by atoms with van der Waals surface area (Å²) in [7, 11) is 1.22. The summed E-state index contributed by atoms with van der Waals surface area (Å²) in [5.74, 6) is -1.00. The number of hydrogen-bond acceptors (Lipinski definition) is 12. The van der Waals surface area contributed by atoms with Crippen LogP contribution >= 0.6 is 23.5 Å². The maximum atomic E-state index is 13.1. The number of esters is 4. The van der Waals surface area contributed by atoms with Crippen LogP contribution in [0.1, 0.15) is 56.9 Å². The van der Waals surface area contributed by atoms with Gasteiger partial charge in [-0.05, 0) is 94.2 Å². The first-order chi connectivity index (χ1) is 22.7. The van der Waals surface area contributed by atoms with Crippen molar-refractivity contribution in [3.05, 3.63) is 64.4 Å². The zero-order chi connectivity index (χ0) is 33.8. The Morgan fingerprint density at radius 2 is 1.45 bits per heavy atom. The number of aryl methyl sites for hydroxylation is 1. The number of carbonyl (C=O) groups is 4. The van der Waals surface area contributed by atoms with Gasteiger partial charge in [0.15, 0.2) is 5.57 Å². The first-order valence-corrected chi connectivity index (χ1v) is 17.0. The van der Waals surface area contributed by atoms with Crippen LogP contribution in [0.4, 0.5) is 0 Å². The molecule has 0 aromatic heterocycles. The number of nitrogens with zero attached hydrogens (tertiary/aromatic N) is 1. The Morgan fingerprint density at radius 3 is 2.06 bits per heavy atom. The second-order valence-electron chi connectivity index (χ2n) is 11.0. The lowest BCUT2D eigenvalue weighted by atomic mass is 9.82. The molecule has 2 aromatic carbocycles. The molecular formula is C35H37NO9S2. The molecule has 12 heteroatoms. The first-order valence-electron chi connectivity index (χ1n) is 15.4. The van der Waals surface area contributed by atoms with Crippen molar-refractivity contribution >= 4 is 47.4 Å². The van der Waals surface area contributed by atoms with Crippen LogP contribution in [0.25, 0.3) is 0 Å². The van der Waals surface area contributed by atoms with Gasteiger partial charge in [-0.3, -0.25) is 9.59 Å². The largest absolute Gasteiger partial charge is 0.494 e. The van der Waals surface area contributed by atoms with E-state index in [-0.39, 0.29) is 29.3 Å². The standard InChI is InChI=1S/C35H37NO9S2/c1-4-29(37)43-20-8-6-5-7-19-42-25-14-16-26(17-15-25)44-32(38)23-10-12-24(13-11-23)33(39)45-28-18-9-22(2)30-31(28)47-35(46-30)27(21-36)34(40)41-3/h4,9,14-18,23-24H,1,5-8,10-13,19-20H2,2-3H3/b35-27+. The van der Waals surface area contributed by atoms with Gasteiger partial charge in [-0.15, -0.1) is 0 Å². The fourth-order valence-electron chi connectivity index (χ4n) is 5.07. The van der Waals surface area contributed by atoms with Crippen LogP contribution in [0.15, 0.2) is 68.7 Å². The van der Waals surface area contributed by atoms with Crippen LogP contribution in [0.2, 0.25) is 0 Å². The number of carbonyl (C=O) groups excluding carboxylic acids is 4. The Kier molecular flexibility index (Phi) is 13.4. The molecule has 0 unspecified atom stereocenters. The maximum absolute atomic E-state index is 13.1. The molecule has 10 nitrogen and oxygen atoms in total. The van der Waals surface area contributed by atoms with Gasteiger partial charge >= 0.3 is 23.9 Å². The van der Waals surface area contributed by atoms with Crippen molar-refractivity contribution in [2.45, 2.75) is 68.1 Å². The molecule has 0 saturated heterocycles. The summed E-state index contributed by atoms with van der Waals surface area (Å²) < 4.78 is 27.4. The number of ether oxygens (including phenoxy) is 5. The third-order valence-corrected chi connectivity index (χ3v) is 10.5. The van der Waals surface area contributed by atoms with Gasteiger partial charge in [0.25, 0.3) is 0 Å². The zero-order valence-electron chi connectivity index (χ0n) is 26.4. The number of unbranched alkanes of at least 4 members (excludes halogenated alkanes) is 3. The minimum atomic E-state index is -0.714. The number of thioether (sulfide) groups is 2. The fraction of sp³-hybridized carbons (Fsp3) is 0.400. The van der Waals surface area contributed by atoms with Gasteiger partial charge < -0.3 is 23.7 Å². The number of benzene rings is 2. The van der Waals surface area contributed by atoms with Gasteiger partial charge in [-0.1, -0.05) is 36.2 Å². The summed E-state index contributed by atoms with van der Waals surface area (Å²) in [6.07, 6.45) is 6.70. The quantitative estimate of drug-likeness (QED) is 0.0663. The highest BCUT2D eigenvalue weighted by molar-refractivity contribution is 8.24. The number of rotatable bonds is 14. The number of nitriles is 1. The molecule has 4 rings (SSSR count). The summed E-state index contributed by atoms with van der Waals surface area (Å²) in [6.45, 7) is 6.22. The van der Waals surface area contributed by atoms with E-state index in [4.69, 9.17) is 23.7 Å². The van der Waals surface area contributed by atoms with E-state index >= 15 is 0 Å². The lowest BCUT2D eigenvalue weighted by Crippen LogP contribution is -2.30. The van der Waals surface area contributed by atoms with Crippen molar-refractivity contribution in [3.8, 4) is 23.3 Å². The summed E-state index contributed by atoms with van der Waals surface area (Å²) >= 11 is 2.50. The Balaban J connectivity index is 1.20. The minimum Gasteiger partial charge on any atom is -0.494 e. The zero-order valence-corrected chi connectivity index (χ0v) is 28.0. The molecule has 1 aliphatic carbocycles. The second-order valence-corrected chi connectivity index (χ2v) is 13.3. The van der Waals surface area contributed by atoms with Crippen molar-refractivity contribution in [3.63, 3.8) is 0 Å². The van der Waals surface area contributed by atoms with Crippen LogP contribution in [0.5, 0.6) is 17.2 Å². The number of fused-ring (bicyclic) bond motifs is 1. The van der Waals surface area contributed by atoms with Gasteiger partial charge in [0.2, 0.25) is 0 Å². The third-order valence-electron chi connectivity index (χ3n) is 7.73. The monoisotopic (exact) mass is 679 g/mol. The molecule has 47 heavy (non-hydrogen) atoms. The predicted molar refractivity (Wildman–Crippen MR) is 176 cm³/mol. The van der Waals surface area contributed by atoms with E-state index in [1.807, 2.05) is 19.1 Å². The molecule has 1 aliphatic heterocycles. The van der Waals surface area contributed by atoms with E-state index in [0.29, 0.717) is 65.3 Å². The summed E-state index contributed by atoms with van der Waals surface area (Å²) in [6, 6.07) is 12.4. The molecule has 0 bridgehead atoms. The SMILES string of the molecule is C=CC(=O)OCCCCCCOc1ccc(OC(=O)C2CCC(C(=O)Oc3ccc(C)c4c3S/C(=C(\C#N)C(=O)OC)S4)CC2)cc1. The summed E-state index contributed by atoms with van der Waals surface area (Å²) in [5, 5.41) is 9.48. The molecule has 0 radical (unpaired) electrons. The molecule has 0 N–H and O–H groups in total. The Hall–Kier alpha value is -4.21. The number of hydrogen-bond donors (Lipinski definition) is 0. The average Bonchev–Trinajstić information content (AvgIpc) is 3.54. The minimum absolute atomic E-state index is 0.0878. The fourth-order valence-corrected chi connectivity index (χ4v) is 7.71. The van der Waals surface area contributed by atoms with Crippen LogP contribution in [-0.4, -0.2) is 44.2 Å². The Labute approximate surface area is 282 Å². The van der Waals surface area contributed by atoms with Crippen LogP contribution < -0.4 is 14.2 Å². The molecule has 0 amide bonds. The third kappa shape index (κ3) is 9.89. The van der Waals surface area contributed by atoms with E-state index in [9.17, 15) is 24.4 Å². The number of methoxy groups -OCH3 is 1. The van der Waals surface area contributed by atoms with Crippen LogP contribution in [0.3, 0.4) is 0 Å². The van der Waals surface area contributed by atoms with E-state index in [0.717, 1.165) is 42.2 Å². The lowest BCUT2D eigenvalue weighted by Gasteiger charge is -2.26. The van der Waals surface area contributed by atoms with Crippen molar-refractivity contribution in [1.82, 2.24) is 0 Å². The molecule has 0 spiro atoms. The van der Waals surface area contributed by atoms with Crippen LogP contribution in [0, 0.1) is 30.1 Å². The smallest absolute Gasteiger partial charge is 0.350 e. The molecule has 1 heterocycles. The topological polar surface area (TPSA) is 138 Å². The maximum Gasteiger partial charge on any atom is 0.350 e. The van der Waals surface area contributed by atoms with Gasteiger partial charge in [-0.25, -0.2) is 9.59 Å². The highest BCUT2D eigenvalue weighted by Crippen LogP contribution is 2.57. The summed E-state index contributed by atoms with van der Waals surface area (Å²) in [4.78, 5) is 50.6. The lowest BCUT2D eigenvalue weighted by molar-refractivity contribution is -0.145. The Morgan fingerprint density at radius 1 is 0.851 bits per heavy atom. The second kappa shape index (κ2) is 17.6. The highest BCUT2D eigenvalue weighted by atomic mass is 32.2. The molecule has 2 aliphatic rings. The van der Waals surface area contributed by atoms with Crippen LogP contribution in [-0.2, 0) is 28.7 Å². The highest BCUT2D eigenvalue weighted by Gasteiger charge is 2.34. The van der Waals surface area contributed by atoms with Gasteiger partial charge in [0.05, 0.1) is 41.3 Å². The Bertz CT molecular complexity index is 1550. The first kappa shape index (κ1) is 35.6. The molecule has 2 aromatic rings. The molecular weight excluding hydrogens is 643 g/mol. The van der Waals surface area contributed by atoms with Crippen molar-refractivity contribution in [2.75, 3.05) is 20.3 Å².